The molecule has 1 atom stereocenters. The lowest BCUT2D eigenvalue weighted by Gasteiger charge is -2.34. The number of carbonyl (C=O) groups excluding carboxylic acids is 2. The van der Waals surface area contributed by atoms with Crippen molar-refractivity contribution in [3.8, 4) is 0 Å². The monoisotopic (exact) mass is 303 g/mol. The average molecular weight is 304 g/mol. The molecule has 0 aromatic rings. The summed E-state index contributed by atoms with van der Waals surface area (Å²) in [6.07, 6.45) is 3.80. The highest BCUT2D eigenvalue weighted by Gasteiger charge is 2.30. The zero-order chi connectivity index (χ0) is 13.8. The summed E-state index contributed by atoms with van der Waals surface area (Å²) in [6.45, 7) is 6.29. The van der Waals surface area contributed by atoms with Crippen LogP contribution in [0.5, 0.6) is 0 Å². The van der Waals surface area contributed by atoms with Crippen LogP contribution in [0.25, 0.3) is 0 Å². The van der Waals surface area contributed by atoms with Crippen LogP contribution in [0.3, 0.4) is 0 Å². The predicted octanol–water partition coefficient (Wildman–Crippen LogP) is 0.923. The fourth-order valence-corrected chi connectivity index (χ4v) is 2.73. The molecule has 20 heavy (non-hydrogen) atoms. The molecule has 2 amide bonds. The van der Waals surface area contributed by atoms with E-state index in [1.807, 2.05) is 18.7 Å². The summed E-state index contributed by atoms with van der Waals surface area (Å²) in [5.41, 5.74) is 0. The molecule has 1 unspecified atom stereocenters. The largest absolute Gasteiger partial charge is 0.353 e. The van der Waals surface area contributed by atoms with Gasteiger partial charge in [-0.05, 0) is 32.2 Å². The Hall–Kier alpha value is -0.810. The van der Waals surface area contributed by atoms with Crippen molar-refractivity contribution in [1.82, 2.24) is 15.5 Å². The number of halogens is 1. The van der Waals surface area contributed by atoms with Gasteiger partial charge in [0.1, 0.15) is 0 Å². The number of hydrogen-bond acceptors (Lipinski definition) is 3. The highest BCUT2D eigenvalue weighted by atomic mass is 35.5. The normalized spacial score (nSPS) is 23.6. The summed E-state index contributed by atoms with van der Waals surface area (Å²) in [4.78, 5) is 25.8. The van der Waals surface area contributed by atoms with Crippen LogP contribution in [0.1, 0.15) is 39.5 Å². The first-order chi connectivity index (χ1) is 9.08. The minimum Gasteiger partial charge on any atom is -0.353 e. The van der Waals surface area contributed by atoms with Crippen molar-refractivity contribution in [2.24, 2.45) is 5.92 Å². The molecule has 2 fully saturated rings. The lowest BCUT2D eigenvalue weighted by atomic mass is 10.0. The van der Waals surface area contributed by atoms with Crippen molar-refractivity contribution >= 4 is 24.2 Å². The highest BCUT2D eigenvalue weighted by Crippen LogP contribution is 2.15. The summed E-state index contributed by atoms with van der Waals surface area (Å²) in [5, 5.41) is 6.31. The van der Waals surface area contributed by atoms with Gasteiger partial charge in [-0.15, -0.1) is 12.4 Å². The SMILES string of the molecule is CC(C)C(=O)NC1CCN(C(=O)C2CCCN2)CC1.Cl. The Labute approximate surface area is 127 Å². The first-order valence-electron chi connectivity index (χ1n) is 7.40. The summed E-state index contributed by atoms with van der Waals surface area (Å²) in [7, 11) is 0. The molecule has 0 spiro atoms. The highest BCUT2D eigenvalue weighted by molar-refractivity contribution is 5.85. The average Bonchev–Trinajstić information content (AvgIpc) is 2.92. The third kappa shape index (κ3) is 4.35. The zero-order valence-corrected chi connectivity index (χ0v) is 13.2. The maximum Gasteiger partial charge on any atom is 0.239 e. The van der Waals surface area contributed by atoms with E-state index in [1.165, 1.54) is 0 Å². The van der Waals surface area contributed by atoms with E-state index in [0.717, 1.165) is 45.3 Å². The van der Waals surface area contributed by atoms with E-state index in [4.69, 9.17) is 0 Å². The second kappa shape index (κ2) is 7.84. The van der Waals surface area contributed by atoms with E-state index in [-0.39, 0.29) is 42.2 Å². The number of piperidine rings is 1. The van der Waals surface area contributed by atoms with Crippen LogP contribution in [-0.2, 0) is 9.59 Å². The Kier molecular flexibility index (Phi) is 6.76. The number of rotatable bonds is 3. The molecule has 6 heteroatoms. The van der Waals surface area contributed by atoms with Gasteiger partial charge in [-0.3, -0.25) is 9.59 Å². The summed E-state index contributed by atoms with van der Waals surface area (Å²) < 4.78 is 0. The summed E-state index contributed by atoms with van der Waals surface area (Å²) in [5.74, 6) is 0.385. The smallest absolute Gasteiger partial charge is 0.239 e. The van der Waals surface area contributed by atoms with Gasteiger partial charge in [0.25, 0.3) is 0 Å². The van der Waals surface area contributed by atoms with E-state index in [2.05, 4.69) is 10.6 Å². The minimum absolute atomic E-state index is 0. The molecular formula is C14H26ClN3O2. The molecule has 0 aromatic heterocycles. The van der Waals surface area contributed by atoms with E-state index in [1.54, 1.807) is 0 Å². The molecule has 0 bridgehead atoms. The summed E-state index contributed by atoms with van der Waals surface area (Å²) in [6, 6.07) is 0.261. The van der Waals surface area contributed by atoms with E-state index in [9.17, 15) is 9.59 Å². The van der Waals surface area contributed by atoms with Crippen LogP contribution >= 0.6 is 12.4 Å². The Balaban J connectivity index is 0.00000200. The lowest BCUT2D eigenvalue weighted by Crippen LogP contribution is -2.51. The van der Waals surface area contributed by atoms with Crippen molar-refractivity contribution in [2.45, 2.75) is 51.6 Å². The number of amides is 2. The minimum atomic E-state index is 0. The fourth-order valence-electron chi connectivity index (χ4n) is 2.73. The Morgan fingerprint density at radius 1 is 1.20 bits per heavy atom. The number of nitrogens with one attached hydrogen (secondary N) is 2. The summed E-state index contributed by atoms with van der Waals surface area (Å²) >= 11 is 0. The predicted molar refractivity (Wildman–Crippen MR) is 80.9 cm³/mol. The maximum absolute atomic E-state index is 12.2. The maximum atomic E-state index is 12.2. The van der Waals surface area contributed by atoms with Crippen LogP contribution in [0.15, 0.2) is 0 Å². The topological polar surface area (TPSA) is 61.4 Å². The Bertz CT molecular complexity index is 335. The second-order valence-corrected chi connectivity index (χ2v) is 5.91. The molecule has 2 rings (SSSR count). The van der Waals surface area contributed by atoms with Crippen LogP contribution in [0.4, 0.5) is 0 Å². The molecule has 2 aliphatic rings. The van der Waals surface area contributed by atoms with Crippen LogP contribution < -0.4 is 10.6 Å². The lowest BCUT2D eigenvalue weighted by molar-refractivity contribution is -0.134. The number of carbonyl (C=O) groups is 2. The molecule has 0 aromatic carbocycles. The van der Waals surface area contributed by atoms with Crippen molar-refractivity contribution < 1.29 is 9.59 Å². The van der Waals surface area contributed by atoms with E-state index < -0.39 is 0 Å². The second-order valence-electron chi connectivity index (χ2n) is 5.91. The third-order valence-electron chi connectivity index (χ3n) is 4.04. The molecule has 0 aliphatic carbocycles. The van der Waals surface area contributed by atoms with Crippen LogP contribution in [0.2, 0.25) is 0 Å². The molecule has 2 heterocycles. The van der Waals surface area contributed by atoms with Gasteiger partial charge in [-0.25, -0.2) is 0 Å². The van der Waals surface area contributed by atoms with Crippen molar-refractivity contribution in [1.29, 1.82) is 0 Å². The zero-order valence-electron chi connectivity index (χ0n) is 12.4. The van der Waals surface area contributed by atoms with E-state index >= 15 is 0 Å². The van der Waals surface area contributed by atoms with E-state index in [0.29, 0.717) is 0 Å². The molecule has 2 saturated heterocycles. The molecule has 116 valence electrons. The van der Waals surface area contributed by atoms with Crippen LogP contribution in [-0.4, -0.2) is 48.4 Å². The van der Waals surface area contributed by atoms with Gasteiger partial charge in [0.15, 0.2) is 0 Å². The Morgan fingerprint density at radius 2 is 1.85 bits per heavy atom. The van der Waals surface area contributed by atoms with Crippen LogP contribution in [0, 0.1) is 5.92 Å². The first-order valence-corrected chi connectivity index (χ1v) is 7.40. The quantitative estimate of drug-likeness (QED) is 0.815. The number of nitrogens with zero attached hydrogens (tertiary/aromatic N) is 1. The standard InChI is InChI=1S/C14H25N3O2.ClH/c1-10(2)13(18)16-11-5-8-17(9-6-11)14(19)12-4-3-7-15-12;/h10-12,15H,3-9H2,1-2H3,(H,16,18);1H. The molecule has 2 N–H and O–H groups in total. The van der Waals surface area contributed by atoms with Gasteiger partial charge in [-0.2, -0.15) is 0 Å². The first kappa shape index (κ1) is 17.2. The molecule has 0 saturated carbocycles. The van der Waals surface area contributed by atoms with Gasteiger partial charge in [0.2, 0.25) is 11.8 Å². The number of hydrogen-bond donors (Lipinski definition) is 2. The molecule has 2 aliphatic heterocycles. The number of likely N-dealkylation sites (tertiary alicyclic amines) is 1. The molecule has 0 radical (unpaired) electrons. The van der Waals surface area contributed by atoms with Gasteiger partial charge in [-0.1, -0.05) is 13.8 Å². The van der Waals surface area contributed by atoms with Gasteiger partial charge >= 0.3 is 0 Å². The van der Waals surface area contributed by atoms with Gasteiger partial charge in [0, 0.05) is 25.0 Å². The fraction of sp³-hybridized carbons (Fsp3) is 0.857. The third-order valence-corrected chi connectivity index (χ3v) is 4.04. The van der Waals surface area contributed by atoms with Gasteiger partial charge in [0.05, 0.1) is 6.04 Å². The molecule has 5 nitrogen and oxygen atoms in total. The molecular weight excluding hydrogens is 278 g/mol. The van der Waals surface area contributed by atoms with Gasteiger partial charge < -0.3 is 15.5 Å². The van der Waals surface area contributed by atoms with Crippen molar-refractivity contribution in [2.75, 3.05) is 19.6 Å². The van der Waals surface area contributed by atoms with Crippen molar-refractivity contribution in [3.63, 3.8) is 0 Å². The van der Waals surface area contributed by atoms with Crippen molar-refractivity contribution in [3.05, 3.63) is 0 Å². The Morgan fingerprint density at radius 3 is 2.35 bits per heavy atom.